The van der Waals surface area contributed by atoms with E-state index in [9.17, 15) is 0 Å². The second-order valence-corrected chi connectivity index (χ2v) is 6.17. The van der Waals surface area contributed by atoms with E-state index in [4.69, 9.17) is 15.2 Å². The van der Waals surface area contributed by atoms with Crippen molar-refractivity contribution in [2.45, 2.75) is 44.4 Å². The van der Waals surface area contributed by atoms with E-state index in [1.165, 1.54) is 25.7 Å². The summed E-state index contributed by atoms with van der Waals surface area (Å²) in [6.45, 7) is 5.03. The molecule has 0 spiro atoms. The highest BCUT2D eigenvalue weighted by atomic mass is 16.7. The van der Waals surface area contributed by atoms with Gasteiger partial charge in [0.1, 0.15) is 0 Å². The van der Waals surface area contributed by atoms with Crippen molar-refractivity contribution in [3.8, 4) is 0 Å². The van der Waals surface area contributed by atoms with Crippen LogP contribution in [0.1, 0.15) is 32.6 Å². The predicted molar refractivity (Wildman–Crippen MR) is 72.3 cm³/mol. The third kappa shape index (κ3) is 2.57. The zero-order valence-electron chi connectivity index (χ0n) is 12.0. The fourth-order valence-electron chi connectivity index (χ4n) is 3.83. The maximum atomic E-state index is 6.04. The third-order valence-corrected chi connectivity index (χ3v) is 4.92. The molecular weight excluding hydrogens is 228 g/mol. The van der Waals surface area contributed by atoms with Gasteiger partial charge in [-0.3, -0.25) is 4.90 Å². The number of hydrogen-bond donors (Lipinski definition) is 1. The molecule has 2 rings (SSSR count). The number of ether oxygens (including phenoxy) is 2. The minimum Gasteiger partial charge on any atom is -0.354 e. The molecule has 1 saturated heterocycles. The van der Waals surface area contributed by atoms with Crippen LogP contribution >= 0.6 is 0 Å². The molecule has 4 nitrogen and oxygen atoms in total. The molecule has 0 aromatic rings. The molecule has 4 heteroatoms. The van der Waals surface area contributed by atoms with Crippen molar-refractivity contribution >= 4 is 0 Å². The van der Waals surface area contributed by atoms with Crippen molar-refractivity contribution in [3.63, 3.8) is 0 Å². The van der Waals surface area contributed by atoms with Crippen molar-refractivity contribution in [2.24, 2.45) is 17.6 Å². The monoisotopic (exact) mass is 256 g/mol. The number of rotatable bonds is 5. The topological polar surface area (TPSA) is 47.7 Å². The molecule has 3 unspecified atom stereocenters. The number of nitrogens with zero attached hydrogens (tertiary/aromatic N) is 1. The zero-order chi connectivity index (χ0) is 13.2. The highest BCUT2D eigenvalue weighted by molar-refractivity contribution is 4.96. The van der Waals surface area contributed by atoms with Gasteiger partial charge in [-0.1, -0.05) is 6.42 Å². The summed E-state index contributed by atoms with van der Waals surface area (Å²) in [6, 6.07) is 0. The van der Waals surface area contributed by atoms with Crippen LogP contribution in [0.5, 0.6) is 0 Å². The lowest BCUT2D eigenvalue weighted by Crippen LogP contribution is -2.64. The normalized spacial score (nSPS) is 32.5. The van der Waals surface area contributed by atoms with Crippen LogP contribution in [0, 0.1) is 11.8 Å². The Hall–Kier alpha value is -0.160. The minimum absolute atomic E-state index is 0.211. The summed E-state index contributed by atoms with van der Waals surface area (Å²) >= 11 is 0. The first-order valence-electron chi connectivity index (χ1n) is 7.14. The number of likely N-dealkylation sites (tertiary alicyclic amines) is 1. The van der Waals surface area contributed by atoms with Crippen molar-refractivity contribution in [1.29, 1.82) is 0 Å². The second-order valence-electron chi connectivity index (χ2n) is 6.17. The number of fused-ring (bicyclic) bond motifs is 2. The quantitative estimate of drug-likeness (QED) is 0.756. The summed E-state index contributed by atoms with van der Waals surface area (Å²) in [7, 11) is 3.40. The van der Waals surface area contributed by atoms with E-state index in [0.717, 1.165) is 24.9 Å². The largest absolute Gasteiger partial charge is 0.354 e. The SMILES string of the molecule is COC(OC)C(C)(CN)N1CC2CCCC(C2)C1. The summed E-state index contributed by atoms with van der Waals surface area (Å²) in [5.41, 5.74) is 5.83. The highest BCUT2D eigenvalue weighted by Crippen LogP contribution is 2.38. The van der Waals surface area contributed by atoms with Crippen LogP contribution in [-0.2, 0) is 9.47 Å². The molecule has 0 aromatic carbocycles. The second kappa shape index (κ2) is 5.87. The molecular formula is C14H28N2O2. The van der Waals surface area contributed by atoms with Crippen LogP contribution in [0.15, 0.2) is 0 Å². The van der Waals surface area contributed by atoms with Crippen molar-refractivity contribution in [1.82, 2.24) is 4.90 Å². The first-order valence-corrected chi connectivity index (χ1v) is 7.14. The Morgan fingerprint density at radius 1 is 1.22 bits per heavy atom. The van der Waals surface area contributed by atoms with Gasteiger partial charge < -0.3 is 15.2 Å². The Kier molecular flexibility index (Phi) is 4.64. The van der Waals surface area contributed by atoms with Crippen molar-refractivity contribution in [2.75, 3.05) is 33.9 Å². The maximum Gasteiger partial charge on any atom is 0.176 e. The molecule has 2 aliphatic rings. The molecule has 2 fully saturated rings. The van der Waals surface area contributed by atoms with E-state index < -0.39 is 0 Å². The molecule has 106 valence electrons. The van der Waals surface area contributed by atoms with E-state index >= 15 is 0 Å². The van der Waals surface area contributed by atoms with Gasteiger partial charge in [-0.25, -0.2) is 0 Å². The van der Waals surface area contributed by atoms with Crippen LogP contribution in [0.2, 0.25) is 0 Å². The maximum absolute atomic E-state index is 6.04. The molecule has 3 atom stereocenters. The molecule has 2 bridgehead atoms. The van der Waals surface area contributed by atoms with Gasteiger partial charge in [0, 0.05) is 33.9 Å². The standard InChI is InChI=1S/C14H28N2O2/c1-14(10-15,13(17-2)18-3)16-8-11-5-4-6-12(7-11)9-16/h11-13H,4-10,15H2,1-3H3. The van der Waals surface area contributed by atoms with Crippen LogP contribution in [0.4, 0.5) is 0 Å². The fraction of sp³-hybridized carbons (Fsp3) is 1.00. The Labute approximate surface area is 111 Å². The number of piperidine rings is 1. The molecule has 2 N–H and O–H groups in total. The number of hydrogen-bond acceptors (Lipinski definition) is 4. The van der Waals surface area contributed by atoms with Gasteiger partial charge in [-0.2, -0.15) is 0 Å². The smallest absolute Gasteiger partial charge is 0.176 e. The average molecular weight is 256 g/mol. The van der Waals surface area contributed by atoms with E-state index in [-0.39, 0.29) is 11.8 Å². The molecule has 0 aromatic heterocycles. The van der Waals surface area contributed by atoms with Crippen molar-refractivity contribution in [3.05, 3.63) is 0 Å². The Morgan fingerprint density at radius 2 is 1.78 bits per heavy atom. The molecule has 1 aliphatic carbocycles. The molecule has 1 aliphatic heterocycles. The lowest BCUT2D eigenvalue weighted by atomic mass is 9.76. The lowest BCUT2D eigenvalue weighted by molar-refractivity contribution is -0.190. The number of methoxy groups -OCH3 is 2. The van der Waals surface area contributed by atoms with Crippen LogP contribution in [0.3, 0.4) is 0 Å². The third-order valence-electron chi connectivity index (χ3n) is 4.92. The average Bonchev–Trinajstić information content (AvgIpc) is 2.39. The van der Waals surface area contributed by atoms with Crippen LogP contribution < -0.4 is 5.73 Å². The van der Waals surface area contributed by atoms with Crippen LogP contribution in [0.25, 0.3) is 0 Å². The molecule has 18 heavy (non-hydrogen) atoms. The minimum atomic E-state index is -0.249. The Bertz CT molecular complexity index is 259. The summed E-state index contributed by atoms with van der Waals surface area (Å²) in [5.74, 6) is 1.69. The van der Waals surface area contributed by atoms with Gasteiger partial charge in [0.2, 0.25) is 0 Å². The fourth-order valence-corrected chi connectivity index (χ4v) is 3.83. The van der Waals surface area contributed by atoms with Crippen LogP contribution in [-0.4, -0.2) is 50.6 Å². The first-order chi connectivity index (χ1) is 8.63. The Balaban J connectivity index is 2.11. The van der Waals surface area contributed by atoms with E-state index in [1.807, 2.05) is 0 Å². The van der Waals surface area contributed by atoms with Gasteiger partial charge in [0.15, 0.2) is 6.29 Å². The van der Waals surface area contributed by atoms with E-state index in [1.54, 1.807) is 14.2 Å². The summed E-state index contributed by atoms with van der Waals surface area (Å²) in [4.78, 5) is 2.52. The molecule has 1 saturated carbocycles. The van der Waals surface area contributed by atoms with Crippen molar-refractivity contribution < 1.29 is 9.47 Å². The molecule has 0 radical (unpaired) electrons. The zero-order valence-corrected chi connectivity index (χ0v) is 12.0. The molecule has 0 amide bonds. The van der Waals surface area contributed by atoms with E-state index in [2.05, 4.69) is 11.8 Å². The van der Waals surface area contributed by atoms with Gasteiger partial charge in [0.05, 0.1) is 5.54 Å². The predicted octanol–water partition coefficient (Wildman–Crippen LogP) is 1.44. The van der Waals surface area contributed by atoms with Gasteiger partial charge >= 0.3 is 0 Å². The Morgan fingerprint density at radius 3 is 2.22 bits per heavy atom. The summed E-state index contributed by atoms with van der Waals surface area (Å²) in [6.07, 6.45) is 5.31. The van der Waals surface area contributed by atoms with Gasteiger partial charge in [-0.15, -0.1) is 0 Å². The van der Waals surface area contributed by atoms with E-state index in [0.29, 0.717) is 6.54 Å². The lowest BCUT2D eigenvalue weighted by Gasteiger charge is -2.51. The summed E-state index contributed by atoms with van der Waals surface area (Å²) in [5, 5.41) is 0. The van der Waals surface area contributed by atoms with Gasteiger partial charge in [0.25, 0.3) is 0 Å². The highest BCUT2D eigenvalue weighted by Gasteiger charge is 2.44. The number of nitrogens with two attached hydrogens (primary N) is 1. The summed E-state index contributed by atoms with van der Waals surface area (Å²) < 4.78 is 11.0. The molecule has 1 heterocycles. The van der Waals surface area contributed by atoms with Gasteiger partial charge in [-0.05, 0) is 38.0 Å². The first kappa shape index (κ1) is 14.3.